The number of halogens is 1. The summed E-state index contributed by atoms with van der Waals surface area (Å²) in [6.07, 6.45) is 1.77. The van der Waals surface area contributed by atoms with E-state index in [0.717, 1.165) is 12.8 Å². The molecule has 1 N–H and O–H groups in total. The van der Waals surface area contributed by atoms with Crippen LogP contribution in [0, 0.1) is 11.7 Å². The van der Waals surface area contributed by atoms with Crippen molar-refractivity contribution < 1.29 is 17.6 Å². The molecular weight excluding hydrogens is 295 g/mol. The quantitative estimate of drug-likeness (QED) is 0.895. The lowest BCUT2D eigenvalue weighted by atomic mass is 10.0. The Morgan fingerprint density at radius 2 is 1.95 bits per heavy atom. The molecule has 5 nitrogen and oxygen atoms in total. The molecule has 1 aromatic rings. The Bertz CT molecular complexity index is 612. The van der Waals surface area contributed by atoms with Crippen molar-refractivity contribution in [3.8, 4) is 0 Å². The number of hydrogen-bond donors (Lipinski definition) is 1. The number of nitrogens with zero attached hydrogens (tertiary/aromatic N) is 1. The molecule has 0 aromatic heterocycles. The predicted molar refractivity (Wildman–Crippen MR) is 77.1 cm³/mol. The summed E-state index contributed by atoms with van der Waals surface area (Å²) in [7, 11) is -3.77. The third-order valence-corrected chi connectivity index (χ3v) is 5.07. The fourth-order valence-corrected chi connectivity index (χ4v) is 3.63. The first kappa shape index (κ1) is 15.9. The monoisotopic (exact) mass is 314 g/mol. The van der Waals surface area contributed by atoms with E-state index in [4.69, 9.17) is 0 Å². The second kappa shape index (κ2) is 6.53. The summed E-state index contributed by atoms with van der Waals surface area (Å²) in [4.78, 5) is 12.0. The maximum atomic E-state index is 13.5. The second-order valence-corrected chi connectivity index (χ2v) is 6.94. The summed E-state index contributed by atoms with van der Waals surface area (Å²) in [5.74, 6) is -1.62. The number of nitrogens with one attached hydrogen (secondary N) is 1. The first-order valence-corrected chi connectivity index (χ1v) is 8.39. The summed E-state index contributed by atoms with van der Waals surface area (Å²) in [6.45, 7) is 2.45. The molecule has 7 heteroatoms. The van der Waals surface area contributed by atoms with Crippen LogP contribution < -0.4 is 4.72 Å². The van der Waals surface area contributed by atoms with Crippen LogP contribution in [0.4, 0.5) is 4.39 Å². The van der Waals surface area contributed by atoms with Crippen LogP contribution >= 0.6 is 0 Å². The molecule has 1 saturated heterocycles. The Kier molecular flexibility index (Phi) is 4.95. The molecule has 0 saturated carbocycles. The van der Waals surface area contributed by atoms with Crippen molar-refractivity contribution in [2.45, 2.75) is 26.2 Å². The zero-order chi connectivity index (χ0) is 15.5. The highest BCUT2D eigenvalue weighted by molar-refractivity contribution is 7.87. The summed E-state index contributed by atoms with van der Waals surface area (Å²) in [5.41, 5.74) is 0.402. The molecule has 1 aliphatic rings. The number of carbonyl (C=O) groups is 1. The number of amides is 1. The van der Waals surface area contributed by atoms with Gasteiger partial charge in [-0.05, 0) is 30.9 Å². The van der Waals surface area contributed by atoms with Gasteiger partial charge < -0.3 is 0 Å². The van der Waals surface area contributed by atoms with Crippen molar-refractivity contribution in [2.24, 2.45) is 5.92 Å². The van der Waals surface area contributed by atoms with E-state index < -0.39 is 22.0 Å². The third kappa shape index (κ3) is 4.01. The lowest BCUT2D eigenvalue weighted by Gasteiger charge is -2.18. The molecule has 0 spiro atoms. The van der Waals surface area contributed by atoms with Gasteiger partial charge in [0.1, 0.15) is 5.82 Å². The highest BCUT2D eigenvalue weighted by Gasteiger charge is 2.28. The van der Waals surface area contributed by atoms with Crippen LogP contribution in [-0.4, -0.2) is 31.7 Å². The minimum absolute atomic E-state index is 0.161. The van der Waals surface area contributed by atoms with Crippen LogP contribution in [0.1, 0.15) is 25.3 Å². The number of benzene rings is 1. The fraction of sp³-hybridized carbons (Fsp3) is 0.500. The SMILES string of the molecule is C[C@@H](Cc1ccccc1F)C(=O)NS(=O)(=O)N1CCCC1. The predicted octanol–water partition coefficient (Wildman–Crippen LogP) is 1.46. The standard InChI is InChI=1S/C14H19FN2O3S/c1-11(10-12-6-2-3-7-13(12)15)14(18)16-21(19,20)17-8-4-5-9-17/h2-3,6-7,11H,4-5,8-10H2,1H3,(H,16,18)/t11-/m0/s1. The van der Waals surface area contributed by atoms with E-state index in [1.807, 2.05) is 0 Å². The van der Waals surface area contributed by atoms with E-state index in [1.165, 1.54) is 10.4 Å². The molecule has 116 valence electrons. The van der Waals surface area contributed by atoms with Crippen molar-refractivity contribution in [1.82, 2.24) is 9.03 Å². The van der Waals surface area contributed by atoms with Crippen LogP contribution in [0.3, 0.4) is 0 Å². The normalized spacial score (nSPS) is 17.6. The highest BCUT2D eigenvalue weighted by Crippen LogP contribution is 2.15. The van der Waals surface area contributed by atoms with Gasteiger partial charge in [0.15, 0.2) is 0 Å². The third-order valence-electron chi connectivity index (χ3n) is 3.57. The average Bonchev–Trinajstić information content (AvgIpc) is 2.95. The van der Waals surface area contributed by atoms with E-state index in [9.17, 15) is 17.6 Å². The van der Waals surface area contributed by atoms with Crippen LogP contribution in [0.25, 0.3) is 0 Å². The average molecular weight is 314 g/mol. The van der Waals surface area contributed by atoms with E-state index in [2.05, 4.69) is 4.72 Å². The van der Waals surface area contributed by atoms with Crippen molar-refractivity contribution in [2.75, 3.05) is 13.1 Å². The van der Waals surface area contributed by atoms with Crippen LogP contribution in [0.5, 0.6) is 0 Å². The molecule has 0 aliphatic carbocycles. The van der Waals surface area contributed by atoms with Gasteiger partial charge >= 0.3 is 10.2 Å². The zero-order valence-electron chi connectivity index (χ0n) is 11.9. The molecule has 1 fully saturated rings. The molecule has 1 atom stereocenters. The van der Waals surface area contributed by atoms with E-state index in [0.29, 0.717) is 18.7 Å². The molecular formula is C14H19FN2O3S. The van der Waals surface area contributed by atoms with Gasteiger partial charge in [0.25, 0.3) is 0 Å². The lowest BCUT2D eigenvalue weighted by Crippen LogP contribution is -2.44. The van der Waals surface area contributed by atoms with Gasteiger partial charge in [0.05, 0.1) is 0 Å². The molecule has 0 unspecified atom stereocenters. The Labute approximate surface area is 124 Å². The Morgan fingerprint density at radius 1 is 1.33 bits per heavy atom. The van der Waals surface area contributed by atoms with E-state index in [1.54, 1.807) is 25.1 Å². The molecule has 1 aromatic carbocycles. The van der Waals surface area contributed by atoms with Gasteiger partial charge in [-0.15, -0.1) is 0 Å². The molecule has 0 radical (unpaired) electrons. The van der Waals surface area contributed by atoms with Gasteiger partial charge in [-0.3, -0.25) is 4.79 Å². The topological polar surface area (TPSA) is 66.5 Å². The van der Waals surface area contributed by atoms with Crippen molar-refractivity contribution >= 4 is 16.1 Å². The summed E-state index contributed by atoms with van der Waals surface area (Å²) in [6, 6.07) is 6.17. The fourth-order valence-electron chi connectivity index (χ4n) is 2.31. The Hall–Kier alpha value is -1.47. The Morgan fingerprint density at radius 3 is 2.57 bits per heavy atom. The largest absolute Gasteiger partial charge is 0.303 e. The van der Waals surface area contributed by atoms with Crippen LogP contribution in [-0.2, 0) is 21.4 Å². The second-order valence-electron chi connectivity index (χ2n) is 5.27. The van der Waals surface area contributed by atoms with Crippen molar-refractivity contribution in [3.63, 3.8) is 0 Å². The number of hydrogen-bond acceptors (Lipinski definition) is 3. The minimum Gasteiger partial charge on any atom is -0.274 e. The summed E-state index contributed by atoms with van der Waals surface area (Å²) in [5, 5.41) is 0. The van der Waals surface area contributed by atoms with Gasteiger partial charge in [0, 0.05) is 19.0 Å². The molecule has 21 heavy (non-hydrogen) atoms. The number of rotatable bonds is 5. The summed E-state index contributed by atoms with van der Waals surface area (Å²) >= 11 is 0. The first-order chi connectivity index (χ1) is 9.90. The van der Waals surface area contributed by atoms with Crippen molar-refractivity contribution in [3.05, 3.63) is 35.6 Å². The molecule has 1 heterocycles. The van der Waals surface area contributed by atoms with Gasteiger partial charge in [-0.2, -0.15) is 12.7 Å². The molecule has 1 amide bonds. The maximum Gasteiger partial charge on any atom is 0.303 e. The van der Waals surface area contributed by atoms with Gasteiger partial charge in [-0.1, -0.05) is 25.1 Å². The van der Waals surface area contributed by atoms with Crippen LogP contribution in [0.2, 0.25) is 0 Å². The van der Waals surface area contributed by atoms with Gasteiger partial charge in [0.2, 0.25) is 5.91 Å². The molecule has 0 bridgehead atoms. The maximum absolute atomic E-state index is 13.5. The van der Waals surface area contributed by atoms with E-state index in [-0.39, 0.29) is 12.2 Å². The summed E-state index contributed by atoms with van der Waals surface area (Å²) < 4.78 is 40.9. The molecule has 1 aliphatic heterocycles. The number of carbonyl (C=O) groups excluding carboxylic acids is 1. The van der Waals surface area contributed by atoms with Gasteiger partial charge in [-0.25, -0.2) is 9.11 Å². The van der Waals surface area contributed by atoms with E-state index >= 15 is 0 Å². The van der Waals surface area contributed by atoms with Crippen molar-refractivity contribution in [1.29, 1.82) is 0 Å². The molecule has 2 rings (SSSR count). The highest BCUT2D eigenvalue weighted by atomic mass is 32.2. The first-order valence-electron chi connectivity index (χ1n) is 6.95. The smallest absolute Gasteiger partial charge is 0.274 e. The minimum atomic E-state index is -3.77. The Balaban J connectivity index is 1.98. The zero-order valence-corrected chi connectivity index (χ0v) is 12.7. The lowest BCUT2D eigenvalue weighted by molar-refractivity contribution is -0.122. The van der Waals surface area contributed by atoms with Crippen LogP contribution in [0.15, 0.2) is 24.3 Å².